The molecule has 5 nitrogen and oxygen atoms in total. The van der Waals surface area contributed by atoms with Crippen LogP contribution in [0.4, 0.5) is 5.69 Å². The fraction of sp³-hybridized carbons (Fsp3) is 0.176. The number of ether oxygens (including phenoxy) is 2. The van der Waals surface area contributed by atoms with E-state index in [4.69, 9.17) is 21.1 Å². The highest BCUT2D eigenvalue weighted by Gasteiger charge is 2.14. The van der Waals surface area contributed by atoms with Crippen molar-refractivity contribution >= 4 is 45.4 Å². The summed E-state index contributed by atoms with van der Waals surface area (Å²) in [7, 11) is 1.46. The van der Waals surface area contributed by atoms with Crippen LogP contribution in [0.25, 0.3) is 0 Å². The van der Waals surface area contributed by atoms with Crippen LogP contribution < -0.4 is 14.8 Å². The van der Waals surface area contributed by atoms with E-state index < -0.39 is 0 Å². The first-order valence-electron chi connectivity index (χ1n) is 6.96. The molecule has 126 valence electrons. The Hall–Kier alpha value is -2.05. The molecule has 0 atom stereocenters. The minimum absolute atomic E-state index is 0.221. The molecule has 0 bridgehead atoms. The zero-order chi connectivity index (χ0) is 17.7. The molecule has 0 heterocycles. The lowest BCUT2D eigenvalue weighted by Crippen LogP contribution is -2.21. The van der Waals surface area contributed by atoms with Gasteiger partial charge in [0.2, 0.25) is 0 Å². The second-order valence-corrected chi connectivity index (χ2v) is 6.24. The van der Waals surface area contributed by atoms with Crippen LogP contribution in [-0.4, -0.2) is 25.9 Å². The maximum atomic E-state index is 12.1. The molecule has 2 rings (SSSR count). The van der Waals surface area contributed by atoms with Crippen molar-refractivity contribution in [3.8, 4) is 11.5 Å². The Morgan fingerprint density at radius 3 is 2.75 bits per heavy atom. The van der Waals surface area contributed by atoms with E-state index in [-0.39, 0.29) is 12.5 Å². The van der Waals surface area contributed by atoms with Crippen molar-refractivity contribution in [3.63, 3.8) is 0 Å². The standard InChI is InChI=1S/C17H15BrClNO4/c1-10-3-4-12(19)7-14(10)20-16(22)9-24-17-13(18)5-11(8-21)6-15(17)23-2/h3-8H,9H2,1-2H3,(H,20,22). The van der Waals surface area contributed by atoms with Gasteiger partial charge in [-0.25, -0.2) is 0 Å². The lowest BCUT2D eigenvalue weighted by atomic mass is 10.2. The van der Waals surface area contributed by atoms with E-state index in [1.54, 1.807) is 18.2 Å². The summed E-state index contributed by atoms with van der Waals surface area (Å²) in [5.74, 6) is 0.369. The predicted octanol–water partition coefficient (Wildman–Crippen LogP) is 4.25. The Kier molecular flexibility index (Phi) is 6.23. The number of halogens is 2. The lowest BCUT2D eigenvalue weighted by Gasteiger charge is -2.14. The van der Waals surface area contributed by atoms with Gasteiger partial charge in [-0.05, 0) is 52.7 Å². The molecular weight excluding hydrogens is 398 g/mol. The number of benzene rings is 2. The van der Waals surface area contributed by atoms with Gasteiger partial charge in [-0.3, -0.25) is 9.59 Å². The fourth-order valence-corrected chi connectivity index (χ4v) is 2.75. The Labute approximate surface area is 153 Å². The Bertz CT molecular complexity index is 779. The maximum absolute atomic E-state index is 12.1. The summed E-state index contributed by atoms with van der Waals surface area (Å²) in [5.41, 5.74) is 1.95. The first-order valence-corrected chi connectivity index (χ1v) is 8.13. The van der Waals surface area contributed by atoms with Gasteiger partial charge in [0.15, 0.2) is 18.1 Å². The Morgan fingerprint density at radius 1 is 1.33 bits per heavy atom. The Balaban J connectivity index is 2.09. The highest BCUT2D eigenvalue weighted by molar-refractivity contribution is 9.10. The third-order valence-electron chi connectivity index (χ3n) is 3.21. The van der Waals surface area contributed by atoms with Crippen molar-refractivity contribution in [2.75, 3.05) is 19.0 Å². The number of hydrogen-bond acceptors (Lipinski definition) is 4. The molecule has 0 saturated heterocycles. The molecule has 24 heavy (non-hydrogen) atoms. The topological polar surface area (TPSA) is 64.6 Å². The van der Waals surface area contributed by atoms with Crippen LogP contribution in [0.5, 0.6) is 11.5 Å². The number of hydrogen-bond donors (Lipinski definition) is 1. The van der Waals surface area contributed by atoms with E-state index in [9.17, 15) is 9.59 Å². The molecule has 1 N–H and O–H groups in total. The summed E-state index contributed by atoms with van der Waals surface area (Å²) in [6.45, 7) is 1.64. The molecule has 0 radical (unpaired) electrons. The van der Waals surface area contributed by atoms with Gasteiger partial charge in [0.1, 0.15) is 6.29 Å². The number of methoxy groups -OCH3 is 1. The van der Waals surface area contributed by atoms with Crippen molar-refractivity contribution in [2.45, 2.75) is 6.92 Å². The van der Waals surface area contributed by atoms with E-state index in [2.05, 4.69) is 21.2 Å². The first-order chi connectivity index (χ1) is 11.4. The van der Waals surface area contributed by atoms with Gasteiger partial charge in [-0.15, -0.1) is 0 Å². The van der Waals surface area contributed by atoms with Gasteiger partial charge in [-0.2, -0.15) is 0 Å². The number of anilines is 1. The van der Waals surface area contributed by atoms with Crippen LogP contribution in [0.2, 0.25) is 5.02 Å². The van der Waals surface area contributed by atoms with Crippen molar-refractivity contribution in [3.05, 3.63) is 51.0 Å². The molecule has 2 aromatic carbocycles. The summed E-state index contributed by atoms with van der Waals surface area (Å²) in [6, 6.07) is 8.36. The molecule has 0 fully saturated rings. The van der Waals surface area contributed by atoms with Crippen molar-refractivity contribution < 1.29 is 19.1 Å². The van der Waals surface area contributed by atoms with Crippen LogP contribution in [0, 0.1) is 6.92 Å². The average molecular weight is 413 g/mol. The Morgan fingerprint density at radius 2 is 2.08 bits per heavy atom. The predicted molar refractivity (Wildman–Crippen MR) is 96.4 cm³/mol. The van der Waals surface area contributed by atoms with Crippen LogP contribution in [-0.2, 0) is 4.79 Å². The second kappa shape index (κ2) is 8.17. The summed E-state index contributed by atoms with van der Waals surface area (Å²) < 4.78 is 11.2. The molecule has 2 aromatic rings. The lowest BCUT2D eigenvalue weighted by molar-refractivity contribution is -0.118. The van der Waals surface area contributed by atoms with Gasteiger partial charge in [0.05, 0.1) is 11.6 Å². The van der Waals surface area contributed by atoms with E-state index in [1.165, 1.54) is 13.2 Å². The number of rotatable bonds is 6. The summed E-state index contributed by atoms with van der Waals surface area (Å²) in [5, 5.41) is 3.27. The van der Waals surface area contributed by atoms with Gasteiger partial charge in [-0.1, -0.05) is 17.7 Å². The number of carbonyl (C=O) groups is 2. The normalized spacial score (nSPS) is 10.2. The largest absolute Gasteiger partial charge is 0.493 e. The highest BCUT2D eigenvalue weighted by atomic mass is 79.9. The zero-order valence-electron chi connectivity index (χ0n) is 13.1. The molecule has 0 spiro atoms. The van der Waals surface area contributed by atoms with E-state index in [0.29, 0.717) is 38.5 Å². The third kappa shape index (κ3) is 4.49. The minimum atomic E-state index is -0.339. The molecule has 7 heteroatoms. The maximum Gasteiger partial charge on any atom is 0.262 e. The SMILES string of the molecule is COc1cc(C=O)cc(Br)c1OCC(=O)Nc1cc(Cl)ccc1C. The number of aryl methyl sites for hydroxylation is 1. The summed E-state index contributed by atoms with van der Waals surface area (Å²) in [4.78, 5) is 23.0. The van der Waals surface area contributed by atoms with Crippen LogP contribution >= 0.6 is 27.5 Å². The highest BCUT2D eigenvalue weighted by Crippen LogP contribution is 2.36. The molecule has 0 aromatic heterocycles. The molecule has 0 saturated carbocycles. The van der Waals surface area contributed by atoms with Crippen molar-refractivity contribution in [1.29, 1.82) is 0 Å². The van der Waals surface area contributed by atoms with Gasteiger partial charge in [0.25, 0.3) is 5.91 Å². The number of aldehydes is 1. The summed E-state index contributed by atoms with van der Waals surface area (Å²) >= 11 is 9.23. The second-order valence-electron chi connectivity index (χ2n) is 4.95. The van der Waals surface area contributed by atoms with Crippen molar-refractivity contribution in [1.82, 2.24) is 0 Å². The van der Waals surface area contributed by atoms with Gasteiger partial charge >= 0.3 is 0 Å². The molecule has 0 unspecified atom stereocenters. The van der Waals surface area contributed by atoms with Crippen LogP contribution in [0.3, 0.4) is 0 Å². The fourth-order valence-electron chi connectivity index (χ4n) is 2.00. The number of nitrogens with one attached hydrogen (secondary N) is 1. The van der Waals surface area contributed by atoms with E-state index in [0.717, 1.165) is 5.56 Å². The summed E-state index contributed by atoms with van der Waals surface area (Å²) in [6.07, 6.45) is 0.700. The number of amides is 1. The molecule has 0 aliphatic rings. The monoisotopic (exact) mass is 411 g/mol. The molecule has 0 aliphatic heterocycles. The molecular formula is C17H15BrClNO4. The zero-order valence-corrected chi connectivity index (χ0v) is 15.4. The quantitative estimate of drug-likeness (QED) is 0.720. The van der Waals surface area contributed by atoms with Crippen LogP contribution in [0.1, 0.15) is 15.9 Å². The van der Waals surface area contributed by atoms with E-state index >= 15 is 0 Å². The molecule has 1 amide bonds. The van der Waals surface area contributed by atoms with Gasteiger partial charge < -0.3 is 14.8 Å². The first kappa shape index (κ1) is 18.3. The molecule has 0 aliphatic carbocycles. The van der Waals surface area contributed by atoms with Gasteiger partial charge in [0, 0.05) is 16.3 Å². The average Bonchev–Trinajstić information content (AvgIpc) is 2.56. The minimum Gasteiger partial charge on any atom is -0.493 e. The number of carbonyl (C=O) groups excluding carboxylic acids is 2. The van der Waals surface area contributed by atoms with E-state index in [1.807, 2.05) is 13.0 Å². The third-order valence-corrected chi connectivity index (χ3v) is 4.03. The van der Waals surface area contributed by atoms with Crippen LogP contribution in [0.15, 0.2) is 34.8 Å². The smallest absolute Gasteiger partial charge is 0.262 e. The van der Waals surface area contributed by atoms with Crippen molar-refractivity contribution in [2.24, 2.45) is 0 Å².